The summed E-state index contributed by atoms with van der Waals surface area (Å²) in [5, 5.41) is 3.92. The molecule has 2 atom stereocenters. The van der Waals surface area contributed by atoms with Crippen LogP contribution < -0.4 is 27.5 Å². The summed E-state index contributed by atoms with van der Waals surface area (Å²) in [6.45, 7) is 1.84. The Bertz CT molecular complexity index is 1790. The van der Waals surface area contributed by atoms with Crippen LogP contribution in [0.5, 0.6) is 0 Å². The number of anilines is 2. The summed E-state index contributed by atoms with van der Waals surface area (Å²) < 4.78 is 40.6. The van der Waals surface area contributed by atoms with Crippen LogP contribution in [0.3, 0.4) is 0 Å². The minimum Gasteiger partial charge on any atom is -0.393 e. The van der Waals surface area contributed by atoms with Crippen LogP contribution in [0.4, 0.5) is 24.5 Å². The Morgan fingerprint density at radius 2 is 1.89 bits per heavy atom. The van der Waals surface area contributed by atoms with Crippen LogP contribution >= 0.6 is 11.6 Å². The van der Waals surface area contributed by atoms with Gasteiger partial charge >= 0.3 is 6.18 Å². The minimum atomic E-state index is -4.79. The van der Waals surface area contributed by atoms with E-state index in [1.807, 2.05) is 13.0 Å². The van der Waals surface area contributed by atoms with Crippen LogP contribution in [0.25, 0.3) is 22.4 Å². The fourth-order valence-corrected chi connectivity index (χ4v) is 5.20. The number of carbonyl (C=O) groups is 1. The number of fused-ring (bicyclic) bond motifs is 4. The smallest absolute Gasteiger partial charge is 0.393 e. The van der Waals surface area contributed by atoms with Gasteiger partial charge in [0.25, 0.3) is 5.56 Å². The van der Waals surface area contributed by atoms with Crippen molar-refractivity contribution in [2.24, 2.45) is 17.5 Å². The molecule has 0 aliphatic carbocycles. The van der Waals surface area contributed by atoms with Gasteiger partial charge in [-0.3, -0.25) is 29.1 Å². The highest BCUT2D eigenvalue weighted by Crippen LogP contribution is 2.34. The molecule has 44 heavy (non-hydrogen) atoms. The summed E-state index contributed by atoms with van der Waals surface area (Å²) in [5.41, 5.74) is 6.56. The van der Waals surface area contributed by atoms with E-state index >= 15 is 0 Å². The maximum Gasteiger partial charge on any atom is 0.432 e. The maximum absolute atomic E-state index is 13.6. The Kier molecular flexibility index (Phi) is 8.70. The van der Waals surface area contributed by atoms with Crippen molar-refractivity contribution in [1.82, 2.24) is 19.5 Å². The van der Waals surface area contributed by atoms with E-state index in [4.69, 9.17) is 23.2 Å². The number of rotatable bonds is 4. The van der Waals surface area contributed by atoms with Crippen molar-refractivity contribution in [3.8, 4) is 22.4 Å². The highest BCUT2D eigenvalue weighted by Gasteiger charge is 2.32. The first-order valence-corrected chi connectivity index (χ1v) is 14.0. The number of carbonyl (C=O) groups excluding carboxylic acids is 1. The van der Waals surface area contributed by atoms with E-state index in [-0.39, 0.29) is 33.8 Å². The molecule has 1 aliphatic rings. The summed E-state index contributed by atoms with van der Waals surface area (Å²) in [6, 6.07) is 8.78. The predicted octanol–water partition coefficient (Wildman–Crippen LogP) is 5.41. The van der Waals surface area contributed by atoms with Gasteiger partial charge in [-0.05, 0) is 48.7 Å². The first kappa shape index (κ1) is 30.7. The number of hydrogen-bond donors (Lipinski definition) is 3. The van der Waals surface area contributed by atoms with Crippen molar-refractivity contribution in [3.05, 3.63) is 100 Å². The summed E-state index contributed by atoms with van der Waals surface area (Å²) >= 11 is 6.20. The van der Waals surface area contributed by atoms with Gasteiger partial charge in [0.15, 0.2) is 0 Å². The summed E-state index contributed by atoms with van der Waals surface area (Å²) in [4.78, 5) is 39.6. The molecule has 1 aliphatic heterocycles. The van der Waals surface area contributed by atoms with Crippen molar-refractivity contribution in [2.45, 2.75) is 38.4 Å². The third kappa shape index (κ3) is 6.58. The Labute approximate surface area is 255 Å². The zero-order chi connectivity index (χ0) is 31.6. The molecule has 1 unspecified atom stereocenters. The highest BCUT2D eigenvalue weighted by atomic mass is 35.5. The standard InChI is InChI=1S/C30H28ClF3N8O2/c1-17-3-2-4-25(19-9-18(12-38-13-19)21-7-8-37-14-24(21)40-29(17)44)41-16-39-23(11-28(41)43)22-10-20(31)5-6-26(22)42(36)15-27(35)30(32,33)34/h5-17,25H,2-4,35-36H2,1H3,(H,40,44)/b27-15-/t17?,25-/m0/s1. The number of pyridine rings is 2. The molecule has 5 N–H and O–H groups in total. The lowest BCUT2D eigenvalue weighted by molar-refractivity contribution is -0.119. The van der Waals surface area contributed by atoms with E-state index < -0.39 is 23.5 Å². The molecule has 0 saturated heterocycles. The zero-order valence-corrected chi connectivity index (χ0v) is 24.2. The number of halogens is 4. The van der Waals surface area contributed by atoms with E-state index in [0.717, 1.165) is 16.7 Å². The number of benzene rings is 1. The quantitative estimate of drug-likeness (QED) is 0.202. The molecule has 4 heterocycles. The molecule has 0 radical (unpaired) electrons. The Morgan fingerprint density at radius 1 is 1.09 bits per heavy atom. The number of aromatic nitrogens is 4. The van der Waals surface area contributed by atoms with Gasteiger partial charge in [-0.25, -0.2) is 10.8 Å². The van der Waals surface area contributed by atoms with Gasteiger partial charge < -0.3 is 11.1 Å². The minimum absolute atomic E-state index is 0.0922. The third-order valence-electron chi connectivity index (χ3n) is 7.39. The normalized spacial score (nSPS) is 17.6. The molecule has 3 aromatic heterocycles. The zero-order valence-electron chi connectivity index (χ0n) is 23.4. The fraction of sp³-hybridized carbons (Fsp3) is 0.233. The molecule has 5 rings (SSSR count). The summed E-state index contributed by atoms with van der Waals surface area (Å²) in [6.07, 6.45) is 5.38. The lowest BCUT2D eigenvalue weighted by Crippen LogP contribution is -2.30. The average Bonchev–Trinajstić information content (AvgIpc) is 2.98. The Morgan fingerprint density at radius 3 is 2.64 bits per heavy atom. The number of nitrogens with zero attached hydrogens (tertiary/aromatic N) is 5. The lowest BCUT2D eigenvalue weighted by Gasteiger charge is -2.23. The van der Waals surface area contributed by atoms with E-state index in [9.17, 15) is 22.8 Å². The average molecular weight is 625 g/mol. The molecule has 2 bridgehead atoms. The van der Waals surface area contributed by atoms with Crippen LogP contribution in [0.15, 0.2) is 84.2 Å². The molecule has 4 aromatic rings. The number of alkyl halides is 3. The van der Waals surface area contributed by atoms with E-state index in [1.54, 1.807) is 30.9 Å². The Balaban J connectivity index is 1.57. The predicted molar refractivity (Wildman–Crippen MR) is 161 cm³/mol. The number of hydrogen-bond acceptors (Lipinski definition) is 8. The molecule has 14 heteroatoms. The third-order valence-corrected chi connectivity index (χ3v) is 7.62. The van der Waals surface area contributed by atoms with E-state index in [2.05, 4.69) is 20.3 Å². The molecular formula is C30H28ClF3N8O2. The van der Waals surface area contributed by atoms with Crippen LogP contribution in [-0.4, -0.2) is 31.6 Å². The molecule has 1 amide bonds. The second kappa shape index (κ2) is 12.5. The number of nitrogens with one attached hydrogen (secondary N) is 1. The largest absolute Gasteiger partial charge is 0.432 e. The molecule has 228 valence electrons. The molecule has 0 spiro atoms. The van der Waals surface area contributed by atoms with Crippen LogP contribution in [0.2, 0.25) is 5.02 Å². The van der Waals surface area contributed by atoms with Gasteiger partial charge in [-0.2, -0.15) is 13.2 Å². The van der Waals surface area contributed by atoms with Crippen molar-refractivity contribution >= 4 is 28.9 Å². The summed E-state index contributed by atoms with van der Waals surface area (Å²) in [5.74, 6) is 5.49. The van der Waals surface area contributed by atoms with Crippen molar-refractivity contribution in [2.75, 3.05) is 10.3 Å². The number of allylic oxidation sites excluding steroid dienone is 1. The van der Waals surface area contributed by atoms with Gasteiger partial charge in [0, 0.05) is 58.5 Å². The van der Waals surface area contributed by atoms with Crippen molar-refractivity contribution in [1.29, 1.82) is 0 Å². The van der Waals surface area contributed by atoms with Crippen LogP contribution in [-0.2, 0) is 4.79 Å². The second-order valence-electron chi connectivity index (χ2n) is 10.4. The number of nitrogens with two attached hydrogens (primary N) is 2. The molecule has 10 nitrogen and oxygen atoms in total. The summed E-state index contributed by atoms with van der Waals surface area (Å²) in [7, 11) is 0. The Hall–Kier alpha value is -4.75. The molecule has 0 saturated carbocycles. The molecule has 1 aromatic carbocycles. The van der Waals surface area contributed by atoms with Gasteiger partial charge in [-0.15, -0.1) is 0 Å². The van der Waals surface area contributed by atoms with E-state index in [0.29, 0.717) is 36.2 Å². The fourth-order valence-electron chi connectivity index (χ4n) is 5.03. The van der Waals surface area contributed by atoms with Crippen LogP contribution in [0.1, 0.15) is 37.8 Å². The first-order chi connectivity index (χ1) is 20.9. The number of hydrazine groups is 1. The number of amides is 1. The van der Waals surface area contributed by atoms with Crippen LogP contribution in [0, 0.1) is 5.92 Å². The van der Waals surface area contributed by atoms with Gasteiger partial charge in [-0.1, -0.05) is 24.9 Å². The van der Waals surface area contributed by atoms with Crippen molar-refractivity contribution < 1.29 is 18.0 Å². The highest BCUT2D eigenvalue weighted by molar-refractivity contribution is 6.31. The van der Waals surface area contributed by atoms with Gasteiger partial charge in [0.2, 0.25) is 5.91 Å². The topological polar surface area (TPSA) is 145 Å². The first-order valence-electron chi connectivity index (χ1n) is 13.6. The maximum atomic E-state index is 13.6. The van der Waals surface area contributed by atoms with E-state index in [1.165, 1.54) is 35.2 Å². The van der Waals surface area contributed by atoms with Crippen molar-refractivity contribution in [3.63, 3.8) is 0 Å². The molecular weight excluding hydrogens is 597 g/mol. The lowest BCUT2D eigenvalue weighted by atomic mass is 9.94. The monoisotopic (exact) mass is 624 g/mol. The SMILES string of the molecule is CC1CCC[C@H](n2cnc(-c3cc(Cl)ccc3N(N)/C=C(\N)C(F)(F)F)cc2=O)c2cncc(c2)-c2ccncc2NC1=O. The second-order valence-corrected chi connectivity index (χ2v) is 10.9. The van der Waals surface area contributed by atoms with Gasteiger partial charge in [0.05, 0.1) is 35.6 Å². The van der Waals surface area contributed by atoms with Gasteiger partial charge in [0.1, 0.15) is 5.70 Å². The molecule has 0 fully saturated rings.